The second-order valence-corrected chi connectivity index (χ2v) is 7.21. The van der Waals surface area contributed by atoms with E-state index in [1.807, 2.05) is 6.07 Å². The van der Waals surface area contributed by atoms with Gasteiger partial charge in [0.05, 0.1) is 22.0 Å². The molecule has 8 heteroatoms. The SMILES string of the molecule is CCOC(=O)c1sc2nc(Cc3ccc(Cl)c(Cl)c3)[nH]c(=O)c2c1C. The third-order valence-corrected chi connectivity index (χ3v) is 5.57. The second kappa shape index (κ2) is 7.15. The number of nitrogens with one attached hydrogen (secondary N) is 1. The van der Waals surface area contributed by atoms with Crippen molar-refractivity contribution in [3.63, 3.8) is 0 Å². The van der Waals surface area contributed by atoms with E-state index < -0.39 is 5.97 Å². The van der Waals surface area contributed by atoms with Crippen LogP contribution in [0.2, 0.25) is 10.0 Å². The Morgan fingerprint density at radius 2 is 2.08 bits per heavy atom. The van der Waals surface area contributed by atoms with Crippen molar-refractivity contribution in [2.75, 3.05) is 6.61 Å². The lowest BCUT2D eigenvalue weighted by atomic mass is 10.1. The molecule has 0 aliphatic rings. The number of fused-ring (bicyclic) bond motifs is 1. The molecule has 130 valence electrons. The van der Waals surface area contributed by atoms with Gasteiger partial charge in [0.2, 0.25) is 0 Å². The van der Waals surface area contributed by atoms with Gasteiger partial charge in [0.15, 0.2) is 0 Å². The van der Waals surface area contributed by atoms with Gasteiger partial charge in [0, 0.05) is 6.42 Å². The highest BCUT2D eigenvalue weighted by molar-refractivity contribution is 7.20. The lowest BCUT2D eigenvalue weighted by Gasteiger charge is -2.03. The average Bonchev–Trinajstić information content (AvgIpc) is 2.88. The lowest BCUT2D eigenvalue weighted by Crippen LogP contribution is -2.12. The van der Waals surface area contributed by atoms with E-state index >= 15 is 0 Å². The van der Waals surface area contributed by atoms with E-state index in [4.69, 9.17) is 27.9 Å². The molecule has 0 atom stereocenters. The first kappa shape index (κ1) is 17.9. The van der Waals surface area contributed by atoms with Crippen molar-refractivity contribution in [1.82, 2.24) is 9.97 Å². The Bertz CT molecular complexity index is 1030. The summed E-state index contributed by atoms with van der Waals surface area (Å²) >= 11 is 13.1. The molecule has 25 heavy (non-hydrogen) atoms. The van der Waals surface area contributed by atoms with Gasteiger partial charge in [0.1, 0.15) is 15.5 Å². The number of nitrogens with zero attached hydrogens (tertiary/aromatic N) is 1. The van der Waals surface area contributed by atoms with Crippen LogP contribution < -0.4 is 5.56 Å². The van der Waals surface area contributed by atoms with Gasteiger partial charge in [-0.15, -0.1) is 11.3 Å². The number of aryl methyl sites for hydroxylation is 1. The summed E-state index contributed by atoms with van der Waals surface area (Å²) in [4.78, 5) is 32.6. The van der Waals surface area contributed by atoms with Gasteiger partial charge >= 0.3 is 5.97 Å². The first-order valence-corrected chi connectivity index (χ1v) is 9.11. The van der Waals surface area contributed by atoms with Crippen LogP contribution >= 0.6 is 34.5 Å². The molecule has 0 amide bonds. The summed E-state index contributed by atoms with van der Waals surface area (Å²) in [5.74, 6) is 0.0565. The average molecular weight is 397 g/mol. The summed E-state index contributed by atoms with van der Waals surface area (Å²) in [6.45, 7) is 3.74. The summed E-state index contributed by atoms with van der Waals surface area (Å²) < 4.78 is 5.03. The Balaban J connectivity index is 2.02. The number of benzene rings is 1. The number of ether oxygens (including phenoxy) is 1. The molecule has 2 heterocycles. The van der Waals surface area contributed by atoms with Crippen LogP contribution in [0.3, 0.4) is 0 Å². The van der Waals surface area contributed by atoms with Crippen LogP contribution in [0.15, 0.2) is 23.0 Å². The normalized spacial score (nSPS) is 11.0. The fourth-order valence-corrected chi connectivity index (χ4v) is 3.92. The van der Waals surface area contributed by atoms with Gasteiger partial charge < -0.3 is 9.72 Å². The molecule has 0 saturated heterocycles. The van der Waals surface area contributed by atoms with Crippen LogP contribution in [0.5, 0.6) is 0 Å². The van der Waals surface area contributed by atoms with Gasteiger partial charge in [0.25, 0.3) is 5.56 Å². The van der Waals surface area contributed by atoms with Crippen molar-refractivity contribution in [1.29, 1.82) is 0 Å². The maximum absolute atomic E-state index is 12.4. The van der Waals surface area contributed by atoms with Crippen LogP contribution in [-0.2, 0) is 11.2 Å². The minimum absolute atomic E-state index is 0.274. The molecule has 0 fully saturated rings. The quantitative estimate of drug-likeness (QED) is 0.664. The largest absolute Gasteiger partial charge is 0.462 e. The molecule has 0 unspecified atom stereocenters. The van der Waals surface area contributed by atoms with E-state index in [-0.39, 0.29) is 12.2 Å². The fraction of sp³-hybridized carbons (Fsp3) is 0.235. The molecule has 2 aromatic heterocycles. The molecule has 0 saturated carbocycles. The third kappa shape index (κ3) is 3.56. The number of halogens is 2. The highest BCUT2D eigenvalue weighted by Gasteiger charge is 2.20. The van der Waals surface area contributed by atoms with E-state index in [1.165, 1.54) is 0 Å². The molecule has 0 bridgehead atoms. The highest BCUT2D eigenvalue weighted by Crippen LogP contribution is 2.28. The zero-order valence-corrected chi connectivity index (χ0v) is 15.8. The number of rotatable bonds is 4. The van der Waals surface area contributed by atoms with E-state index in [1.54, 1.807) is 26.0 Å². The first-order valence-electron chi connectivity index (χ1n) is 7.54. The molecule has 3 aromatic rings. The van der Waals surface area contributed by atoms with Crippen LogP contribution in [0.4, 0.5) is 0 Å². The Labute approximate surface area is 157 Å². The maximum Gasteiger partial charge on any atom is 0.348 e. The second-order valence-electron chi connectivity index (χ2n) is 5.39. The van der Waals surface area contributed by atoms with Gasteiger partial charge in [-0.1, -0.05) is 29.3 Å². The monoisotopic (exact) mass is 396 g/mol. The number of thiophene rings is 1. The molecule has 5 nitrogen and oxygen atoms in total. The van der Waals surface area contributed by atoms with E-state index in [0.717, 1.165) is 16.9 Å². The van der Waals surface area contributed by atoms with Crippen LogP contribution in [0, 0.1) is 6.92 Å². The number of aromatic amines is 1. The smallest absolute Gasteiger partial charge is 0.348 e. The molecular formula is C17H14Cl2N2O3S. The van der Waals surface area contributed by atoms with Crippen molar-refractivity contribution in [3.8, 4) is 0 Å². The lowest BCUT2D eigenvalue weighted by molar-refractivity contribution is 0.0531. The third-order valence-electron chi connectivity index (χ3n) is 3.67. The van der Waals surface area contributed by atoms with Gasteiger partial charge in [-0.25, -0.2) is 9.78 Å². The molecule has 3 rings (SSSR count). The number of carbonyl (C=O) groups is 1. The van der Waals surface area contributed by atoms with Crippen LogP contribution in [-0.4, -0.2) is 22.5 Å². The van der Waals surface area contributed by atoms with Gasteiger partial charge in [-0.3, -0.25) is 4.79 Å². The summed E-state index contributed by atoms with van der Waals surface area (Å²) in [7, 11) is 0. The van der Waals surface area contributed by atoms with Gasteiger partial charge in [-0.2, -0.15) is 0 Å². The van der Waals surface area contributed by atoms with Gasteiger partial charge in [-0.05, 0) is 37.1 Å². The van der Waals surface area contributed by atoms with Crippen molar-refractivity contribution < 1.29 is 9.53 Å². The molecule has 1 aromatic carbocycles. The molecule has 0 spiro atoms. The summed E-state index contributed by atoms with van der Waals surface area (Å²) in [5, 5.41) is 1.33. The predicted octanol–water partition coefficient (Wildman–Crippen LogP) is 4.37. The van der Waals surface area contributed by atoms with Crippen molar-refractivity contribution in [2.24, 2.45) is 0 Å². The number of esters is 1. The Hall–Kier alpha value is -1.89. The standard InChI is InChI=1S/C17H14Cl2N2O3S/c1-3-24-17(23)14-8(2)13-15(22)20-12(21-16(13)25-14)7-9-4-5-10(18)11(19)6-9/h4-6H,3,7H2,1-2H3,(H,20,21,22). The predicted molar refractivity (Wildman–Crippen MR) is 100 cm³/mol. The van der Waals surface area contributed by atoms with Crippen LogP contribution in [0.1, 0.15) is 33.5 Å². The number of hydrogen-bond acceptors (Lipinski definition) is 5. The summed E-state index contributed by atoms with van der Waals surface area (Å²) in [5.41, 5.74) is 1.19. The number of hydrogen-bond donors (Lipinski definition) is 1. The first-order chi connectivity index (χ1) is 11.9. The minimum atomic E-state index is -0.437. The maximum atomic E-state index is 12.4. The number of H-pyrrole nitrogens is 1. The van der Waals surface area contributed by atoms with E-state index in [2.05, 4.69) is 9.97 Å². The van der Waals surface area contributed by atoms with E-state index in [9.17, 15) is 9.59 Å². The van der Waals surface area contributed by atoms with E-state index in [0.29, 0.717) is 42.9 Å². The minimum Gasteiger partial charge on any atom is -0.462 e. The fourth-order valence-electron chi connectivity index (χ4n) is 2.51. The zero-order valence-electron chi connectivity index (χ0n) is 13.5. The molecule has 0 aliphatic heterocycles. The molecule has 0 aliphatic carbocycles. The van der Waals surface area contributed by atoms with Crippen LogP contribution in [0.25, 0.3) is 10.2 Å². The number of aromatic nitrogens is 2. The Morgan fingerprint density at radius 3 is 2.76 bits per heavy atom. The molecule has 0 radical (unpaired) electrons. The van der Waals surface area contributed by atoms with Crippen molar-refractivity contribution in [2.45, 2.75) is 20.3 Å². The molecule has 1 N–H and O–H groups in total. The Kier molecular flexibility index (Phi) is 5.13. The van der Waals surface area contributed by atoms with Crippen molar-refractivity contribution in [3.05, 3.63) is 60.4 Å². The zero-order chi connectivity index (χ0) is 18.1. The topological polar surface area (TPSA) is 72.0 Å². The molecular weight excluding hydrogens is 383 g/mol. The Morgan fingerprint density at radius 1 is 1.32 bits per heavy atom. The number of carbonyl (C=O) groups excluding carboxylic acids is 1. The highest BCUT2D eigenvalue weighted by atomic mass is 35.5. The summed E-state index contributed by atoms with van der Waals surface area (Å²) in [6.07, 6.45) is 0.397. The van der Waals surface area contributed by atoms with Crippen molar-refractivity contribution >= 4 is 50.7 Å². The summed E-state index contributed by atoms with van der Waals surface area (Å²) in [6, 6.07) is 5.25.